The molecule has 6 aliphatic heterocycles. The Morgan fingerprint density at radius 2 is 1.69 bits per heavy atom. The van der Waals surface area contributed by atoms with E-state index in [2.05, 4.69) is 58.4 Å². The van der Waals surface area contributed by atoms with Gasteiger partial charge in [0, 0.05) is 19.6 Å². The van der Waals surface area contributed by atoms with Gasteiger partial charge in [0.05, 0.1) is 31.5 Å². The average Bonchev–Trinajstić information content (AvgIpc) is 3.68. The lowest BCUT2D eigenvalue weighted by atomic mass is 9.73. The molecule has 0 aliphatic carbocycles. The maximum Gasteiger partial charge on any atom is 0.107 e. The normalized spacial score (nSPS) is 41.5. The lowest BCUT2D eigenvalue weighted by molar-refractivity contribution is -0.0808. The van der Waals surface area contributed by atoms with Crippen molar-refractivity contribution in [1.82, 2.24) is 16.0 Å². The molecular weight excluding hydrogens is 438 g/mol. The topological polar surface area (TPSA) is 63.8 Å². The number of morpholine rings is 1. The summed E-state index contributed by atoms with van der Waals surface area (Å²) in [5.41, 5.74) is 6.56. The van der Waals surface area contributed by atoms with Crippen LogP contribution in [0.25, 0.3) is 0 Å². The first-order valence-electron chi connectivity index (χ1n) is 13.5. The van der Waals surface area contributed by atoms with E-state index in [1.165, 1.54) is 27.8 Å². The number of fused-ring (bicyclic) bond motifs is 6. The standard InChI is InChI=1S/C29H35N3O3/c1-2-4-23-19(3-1)14-34-29(23)11-21(12-31-17-29)22-10-25-27(32-13-26(22)35-25)18-5-6-20-15-33-28(24(20)9-18)7-8-30-16-28/h1-6,9,21-22,25-27,30-32H,7-8,10-17H2. The minimum absolute atomic E-state index is 0.124. The Kier molecular flexibility index (Phi) is 4.78. The number of benzene rings is 2. The van der Waals surface area contributed by atoms with Gasteiger partial charge in [0.15, 0.2) is 0 Å². The minimum atomic E-state index is -0.174. The fraction of sp³-hybridized carbons (Fsp3) is 0.586. The Morgan fingerprint density at radius 1 is 0.829 bits per heavy atom. The molecule has 8 rings (SSSR count). The maximum absolute atomic E-state index is 6.71. The molecule has 0 radical (unpaired) electrons. The van der Waals surface area contributed by atoms with E-state index in [-0.39, 0.29) is 29.5 Å². The first-order chi connectivity index (χ1) is 17.2. The molecule has 0 amide bonds. The number of nitrogens with one attached hydrogen (secondary N) is 3. The van der Waals surface area contributed by atoms with Gasteiger partial charge in [-0.1, -0.05) is 42.5 Å². The van der Waals surface area contributed by atoms with Crippen LogP contribution < -0.4 is 16.0 Å². The fourth-order valence-electron chi connectivity index (χ4n) is 8.10. The van der Waals surface area contributed by atoms with Gasteiger partial charge in [-0.2, -0.15) is 0 Å². The second-order valence-corrected chi connectivity index (χ2v) is 11.7. The van der Waals surface area contributed by atoms with Crippen LogP contribution in [0.1, 0.15) is 53.1 Å². The van der Waals surface area contributed by atoms with Crippen molar-refractivity contribution in [2.45, 2.75) is 61.9 Å². The minimum Gasteiger partial charge on any atom is -0.371 e. The molecule has 2 bridgehead atoms. The van der Waals surface area contributed by atoms with Crippen LogP contribution in [-0.4, -0.2) is 44.9 Å². The fourth-order valence-corrected chi connectivity index (χ4v) is 8.10. The molecule has 4 fully saturated rings. The van der Waals surface area contributed by atoms with Crippen molar-refractivity contribution < 1.29 is 14.2 Å². The SMILES string of the molecule is c1ccc2c(c1)COC21CNCC(C2CC3OC2CNC3c2ccc3c(c2)C2(CCNC2)OC3)C1. The largest absolute Gasteiger partial charge is 0.371 e. The Hall–Kier alpha value is -1.80. The van der Waals surface area contributed by atoms with Crippen molar-refractivity contribution in [3.8, 4) is 0 Å². The molecule has 2 aromatic carbocycles. The summed E-state index contributed by atoms with van der Waals surface area (Å²) in [7, 11) is 0. The zero-order valence-corrected chi connectivity index (χ0v) is 20.2. The highest BCUT2D eigenvalue weighted by Gasteiger charge is 2.52. The number of hydrogen-bond acceptors (Lipinski definition) is 6. The van der Waals surface area contributed by atoms with Crippen LogP contribution in [0.2, 0.25) is 0 Å². The highest BCUT2D eigenvalue weighted by molar-refractivity contribution is 5.42. The van der Waals surface area contributed by atoms with E-state index >= 15 is 0 Å². The molecule has 7 unspecified atom stereocenters. The van der Waals surface area contributed by atoms with Crippen LogP contribution in [0.15, 0.2) is 42.5 Å². The van der Waals surface area contributed by atoms with E-state index in [4.69, 9.17) is 14.2 Å². The van der Waals surface area contributed by atoms with E-state index in [1.807, 2.05) is 0 Å². The van der Waals surface area contributed by atoms with Gasteiger partial charge in [-0.15, -0.1) is 0 Å². The maximum atomic E-state index is 6.71. The van der Waals surface area contributed by atoms with Gasteiger partial charge in [-0.25, -0.2) is 0 Å². The third-order valence-corrected chi connectivity index (χ3v) is 9.87. The van der Waals surface area contributed by atoms with Gasteiger partial charge < -0.3 is 30.2 Å². The highest BCUT2D eigenvalue weighted by Crippen LogP contribution is 2.49. The van der Waals surface area contributed by atoms with Crippen LogP contribution in [0.5, 0.6) is 0 Å². The van der Waals surface area contributed by atoms with Gasteiger partial charge in [0.1, 0.15) is 11.2 Å². The van der Waals surface area contributed by atoms with E-state index in [1.54, 1.807) is 0 Å². The summed E-state index contributed by atoms with van der Waals surface area (Å²) >= 11 is 0. The zero-order valence-electron chi connectivity index (χ0n) is 20.2. The van der Waals surface area contributed by atoms with Crippen molar-refractivity contribution in [2.75, 3.05) is 32.7 Å². The average molecular weight is 474 g/mol. The first-order valence-corrected chi connectivity index (χ1v) is 13.5. The second-order valence-electron chi connectivity index (χ2n) is 11.7. The molecule has 6 nitrogen and oxygen atoms in total. The van der Waals surface area contributed by atoms with Gasteiger partial charge in [0.2, 0.25) is 0 Å². The summed E-state index contributed by atoms with van der Waals surface area (Å²) in [6.45, 7) is 6.32. The van der Waals surface area contributed by atoms with Crippen LogP contribution >= 0.6 is 0 Å². The summed E-state index contributed by atoms with van der Waals surface area (Å²) in [5, 5.41) is 11.1. The predicted octanol–water partition coefficient (Wildman–Crippen LogP) is 2.86. The van der Waals surface area contributed by atoms with Crippen molar-refractivity contribution in [2.24, 2.45) is 11.8 Å². The molecule has 184 valence electrons. The molecule has 3 N–H and O–H groups in total. The van der Waals surface area contributed by atoms with Crippen molar-refractivity contribution >= 4 is 0 Å². The molecule has 0 aromatic heterocycles. The van der Waals surface area contributed by atoms with E-state index < -0.39 is 0 Å². The molecule has 6 aliphatic rings. The Morgan fingerprint density at radius 3 is 2.60 bits per heavy atom. The number of hydrogen-bond donors (Lipinski definition) is 3. The third-order valence-electron chi connectivity index (χ3n) is 9.87. The second kappa shape index (κ2) is 7.85. The summed E-state index contributed by atoms with van der Waals surface area (Å²) in [4.78, 5) is 0. The quantitative estimate of drug-likeness (QED) is 0.624. The van der Waals surface area contributed by atoms with Crippen molar-refractivity contribution in [1.29, 1.82) is 0 Å². The van der Waals surface area contributed by atoms with Crippen LogP contribution in [0, 0.1) is 11.8 Å². The molecule has 6 heteroatoms. The smallest absolute Gasteiger partial charge is 0.107 e. The Bertz CT molecular complexity index is 1140. The van der Waals surface area contributed by atoms with Gasteiger partial charge in [0.25, 0.3) is 0 Å². The number of rotatable bonds is 2. The van der Waals surface area contributed by atoms with E-state index in [0.29, 0.717) is 11.8 Å². The highest BCUT2D eigenvalue weighted by atomic mass is 16.5. The van der Waals surface area contributed by atoms with Crippen molar-refractivity contribution in [3.63, 3.8) is 0 Å². The first kappa shape index (κ1) is 21.3. The molecule has 4 saturated heterocycles. The molecule has 0 saturated carbocycles. The zero-order chi connectivity index (χ0) is 23.0. The predicted molar refractivity (Wildman–Crippen MR) is 132 cm³/mol. The van der Waals surface area contributed by atoms with Crippen LogP contribution in [-0.2, 0) is 38.6 Å². The molecule has 35 heavy (non-hydrogen) atoms. The molecule has 7 atom stereocenters. The molecule has 6 heterocycles. The van der Waals surface area contributed by atoms with Crippen LogP contribution in [0.4, 0.5) is 0 Å². The third kappa shape index (κ3) is 3.17. The summed E-state index contributed by atoms with van der Waals surface area (Å²) < 4.78 is 19.5. The van der Waals surface area contributed by atoms with E-state index in [9.17, 15) is 0 Å². The van der Waals surface area contributed by atoms with Crippen molar-refractivity contribution in [3.05, 3.63) is 70.3 Å². The molecule has 2 spiro atoms. The molecule has 2 aromatic rings. The Labute approximate surface area is 207 Å². The van der Waals surface area contributed by atoms with E-state index in [0.717, 1.165) is 65.2 Å². The lowest BCUT2D eigenvalue weighted by Gasteiger charge is -2.41. The summed E-state index contributed by atoms with van der Waals surface area (Å²) in [6.07, 6.45) is 3.79. The van der Waals surface area contributed by atoms with Gasteiger partial charge in [-0.05, 0) is 72.0 Å². The monoisotopic (exact) mass is 473 g/mol. The van der Waals surface area contributed by atoms with Crippen LogP contribution in [0.3, 0.4) is 0 Å². The Balaban J connectivity index is 1.03. The summed E-state index contributed by atoms with van der Waals surface area (Å²) in [5.74, 6) is 1.12. The number of ether oxygens (including phenoxy) is 3. The number of piperidine rings is 1. The van der Waals surface area contributed by atoms with Gasteiger partial charge >= 0.3 is 0 Å². The molecular formula is C29H35N3O3. The van der Waals surface area contributed by atoms with Gasteiger partial charge in [-0.3, -0.25) is 0 Å². The summed E-state index contributed by atoms with van der Waals surface area (Å²) in [6, 6.07) is 16.1. The lowest BCUT2D eigenvalue weighted by Crippen LogP contribution is -2.51.